The molecule has 0 heterocycles. The van der Waals surface area contributed by atoms with Crippen LogP contribution in [0.5, 0.6) is 5.75 Å². The van der Waals surface area contributed by atoms with Crippen LogP contribution in [0.4, 0.5) is 0 Å². The summed E-state index contributed by atoms with van der Waals surface area (Å²) in [5.41, 5.74) is 0.415. The molecule has 1 rings (SSSR count). The lowest BCUT2D eigenvalue weighted by Gasteiger charge is -2.11. The molecular weight excluding hydrogens is 188 g/mol. The van der Waals surface area contributed by atoms with Crippen molar-refractivity contribution in [1.29, 1.82) is 0 Å². The summed E-state index contributed by atoms with van der Waals surface area (Å²) in [6.07, 6.45) is 0.747. The third-order valence-electron chi connectivity index (χ3n) is 1.49. The normalized spacial score (nSPS) is 10.2. The summed E-state index contributed by atoms with van der Waals surface area (Å²) >= 11 is 5.80. The second-order valence-electron chi connectivity index (χ2n) is 2.94. The number of halogens is 1. The topological polar surface area (TPSA) is 26.3 Å². The quantitative estimate of drug-likeness (QED) is 0.698. The Bertz CT molecular complexity index is 308. The molecule has 0 saturated carbocycles. The lowest BCUT2D eigenvalue weighted by Crippen LogP contribution is -2.07. The van der Waals surface area contributed by atoms with Gasteiger partial charge in [0.1, 0.15) is 5.75 Å². The minimum Gasteiger partial charge on any atom is -0.490 e. The minimum absolute atomic E-state index is 0.0390. The molecule has 0 fully saturated rings. The minimum atomic E-state index is 0.0390. The van der Waals surface area contributed by atoms with Crippen molar-refractivity contribution in [2.24, 2.45) is 0 Å². The molecule has 0 aliphatic rings. The van der Waals surface area contributed by atoms with Gasteiger partial charge in [-0.15, -0.1) is 0 Å². The molecule has 0 N–H and O–H groups in total. The smallest absolute Gasteiger partial charge is 0.155 e. The van der Waals surface area contributed by atoms with Gasteiger partial charge in [0.2, 0.25) is 0 Å². The number of carbonyl (C=O) groups is 1. The molecule has 13 heavy (non-hydrogen) atoms. The Kier molecular flexibility index (Phi) is 3.32. The van der Waals surface area contributed by atoms with E-state index < -0.39 is 0 Å². The van der Waals surface area contributed by atoms with E-state index in [1.807, 2.05) is 13.8 Å². The van der Waals surface area contributed by atoms with E-state index in [-0.39, 0.29) is 6.10 Å². The Morgan fingerprint density at radius 2 is 2.15 bits per heavy atom. The maximum Gasteiger partial charge on any atom is 0.155 e. The zero-order chi connectivity index (χ0) is 9.84. The van der Waals surface area contributed by atoms with Crippen LogP contribution in [0, 0.1) is 0 Å². The summed E-state index contributed by atoms with van der Waals surface area (Å²) in [4.78, 5) is 10.7. The van der Waals surface area contributed by atoms with E-state index in [0.29, 0.717) is 22.6 Å². The van der Waals surface area contributed by atoms with Gasteiger partial charge >= 0.3 is 0 Å². The zero-order valence-corrected chi connectivity index (χ0v) is 8.34. The molecule has 2 nitrogen and oxygen atoms in total. The largest absolute Gasteiger partial charge is 0.490 e. The van der Waals surface area contributed by atoms with Crippen molar-refractivity contribution in [2.75, 3.05) is 0 Å². The highest BCUT2D eigenvalue weighted by Gasteiger charge is 2.07. The SMILES string of the molecule is CC(C)Oc1cccc(Cl)c1C=O. The van der Waals surface area contributed by atoms with Gasteiger partial charge in [-0.1, -0.05) is 17.7 Å². The second-order valence-corrected chi connectivity index (χ2v) is 3.34. The van der Waals surface area contributed by atoms with Crippen LogP contribution >= 0.6 is 11.6 Å². The van der Waals surface area contributed by atoms with Gasteiger partial charge in [-0.25, -0.2) is 0 Å². The first kappa shape index (κ1) is 10.1. The number of carbonyl (C=O) groups excluding carboxylic acids is 1. The number of hydrogen-bond acceptors (Lipinski definition) is 2. The Morgan fingerprint density at radius 3 is 2.69 bits per heavy atom. The van der Waals surface area contributed by atoms with Crippen molar-refractivity contribution in [1.82, 2.24) is 0 Å². The highest BCUT2D eigenvalue weighted by atomic mass is 35.5. The molecule has 1 aromatic rings. The third kappa shape index (κ3) is 2.46. The van der Waals surface area contributed by atoms with Crippen LogP contribution in [0.15, 0.2) is 18.2 Å². The molecule has 0 bridgehead atoms. The van der Waals surface area contributed by atoms with Crippen LogP contribution in [-0.4, -0.2) is 12.4 Å². The number of hydrogen-bond donors (Lipinski definition) is 0. The first-order valence-electron chi connectivity index (χ1n) is 4.05. The fourth-order valence-electron chi connectivity index (χ4n) is 0.988. The van der Waals surface area contributed by atoms with E-state index in [1.165, 1.54) is 0 Å². The van der Waals surface area contributed by atoms with Crippen LogP contribution in [0.3, 0.4) is 0 Å². The molecule has 1 aromatic carbocycles. The van der Waals surface area contributed by atoms with Gasteiger partial charge in [0.05, 0.1) is 16.7 Å². The van der Waals surface area contributed by atoms with Crippen molar-refractivity contribution in [2.45, 2.75) is 20.0 Å². The fraction of sp³-hybridized carbons (Fsp3) is 0.300. The first-order valence-corrected chi connectivity index (χ1v) is 4.43. The lowest BCUT2D eigenvalue weighted by atomic mass is 10.2. The van der Waals surface area contributed by atoms with E-state index in [0.717, 1.165) is 0 Å². The van der Waals surface area contributed by atoms with Gasteiger partial charge in [-0.3, -0.25) is 4.79 Å². The van der Waals surface area contributed by atoms with E-state index in [4.69, 9.17) is 16.3 Å². The summed E-state index contributed by atoms with van der Waals surface area (Å²) in [6.45, 7) is 3.80. The standard InChI is InChI=1S/C10H11ClO2/c1-7(2)13-10-5-3-4-9(11)8(10)6-12/h3-7H,1-2H3. The van der Waals surface area contributed by atoms with Gasteiger partial charge in [0, 0.05) is 0 Å². The summed E-state index contributed by atoms with van der Waals surface area (Å²) in [5, 5.41) is 0.424. The zero-order valence-electron chi connectivity index (χ0n) is 7.58. The summed E-state index contributed by atoms with van der Waals surface area (Å²) < 4.78 is 5.40. The predicted octanol–water partition coefficient (Wildman–Crippen LogP) is 2.94. The molecule has 0 atom stereocenters. The molecule has 0 saturated heterocycles. The van der Waals surface area contributed by atoms with Crippen molar-refractivity contribution < 1.29 is 9.53 Å². The van der Waals surface area contributed by atoms with E-state index in [2.05, 4.69) is 0 Å². The number of aldehydes is 1. The molecule has 0 spiro atoms. The van der Waals surface area contributed by atoms with Crippen LogP contribution < -0.4 is 4.74 Å². The number of ether oxygens (including phenoxy) is 1. The average molecular weight is 199 g/mol. The van der Waals surface area contributed by atoms with E-state index >= 15 is 0 Å². The summed E-state index contributed by atoms with van der Waals surface area (Å²) in [7, 11) is 0. The van der Waals surface area contributed by atoms with Crippen molar-refractivity contribution in [3.63, 3.8) is 0 Å². The van der Waals surface area contributed by atoms with E-state index in [1.54, 1.807) is 18.2 Å². The van der Waals surface area contributed by atoms with Gasteiger partial charge in [0.25, 0.3) is 0 Å². The van der Waals surface area contributed by atoms with Crippen molar-refractivity contribution >= 4 is 17.9 Å². The Hall–Kier alpha value is -1.02. The monoisotopic (exact) mass is 198 g/mol. The molecule has 0 amide bonds. The van der Waals surface area contributed by atoms with Crippen LogP contribution in [0.1, 0.15) is 24.2 Å². The summed E-state index contributed by atoms with van der Waals surface area (Å²) in [5.74, 6) is 0.539. The molecule has 0 unspecified atom stereocenters. The number of rotatable bonds is 3. The maximum atomic E-state index is 10.7. The number of benzene rings is 1. The average Bonchev–Trinajstić information content (AvgIpc) is 2.03. The van der Waals surface area contributed by atoms with Crippen molar-refractivity contribution in [3.05, 3.63) is 28.8 Å². The molecule has 0 aromatic heterocycles. The molecule has 0 aliphatic carbocycles. The first-order chi connectivity index (χ1) is 6.15. The predicted molar refractivity (Wildman–Crippen MR) is 52.6 cm³/mol. The van der Waals surface area contributed by atoms with Gasteiger partial charge in [-0.2, -0.15) is 0 Å². The van der Waals surface area contributed by atoms with Crippen molar-refractivity contribution in [3.8, 4) is 5.75 Å². The molecule has 0 radical (unpaired) electrons. The van der Waals surface area contributed by atoms with E-state index in [9.17, 15) is 4.79 Å². The Labute approximate surface area is 82.5 Å². The Morgan fingerprint density at radius 1 is 1.46 bits per heavy atom. The maximum absolute atomic E-state index is 10.7. The van der Waals surface area contributed by atoms with Crippen LogP contribution in [0.25, 0.3) is 0 Å². The van der Waals surface area contributed by atoms with Gasteiger partial charge in [-0.05, 0) is 26.0 Å². The third-order valence-corrected chi connectivity index (χ3v) is 1.82. The molecule has 3 heteroatoms. The van der Waals surface area contributed by atoms with Crippen LogP contribution in [-0.2, 0) is 0 Å². The van der Waals surface area contributed by atoms with Crippen LogP contribution in [0.2, 0.25) is 5.02 Å². The molecular formula is C10H11ClO2. The molecule has 70 valence electrons. The highest BCUT2D eigenvalue weighted by molar-refractivity contribution is 6.33. The fourth-order valence-corrected chi connectivity index (χ4v) is 1.20. The van der Waals surface area contributed by atoms with Gasteiger partial charge in [0.15, 0.2) is 6.29 Å². The second kappa shape index (κ2) is 4.28. The highest BCUT2D eigenvalue weighted by Crippen LogP contribution is 2.25. The Balaban J connectivity index is 3.05. The van der Waals surface area contributed by atoms with Gasteiger partial charge < -0.3 is 4.74 Å². The lowest BCUT2D eigenvalue weighted by molar-refractivity contribution is 0.111. The molecule has 0 aliphatic heterocycles. The summed E-state index contributed by atoms with van der Waals surface area (Å²) in [6, 6.07) is 5.15.